The summed E-state index contributed by atoms with van der Waals surface area (Å²) < 4.78 is 5.42. The van der Waals surface area contributed by atoms with Crippen LogP contribution in [-0.2, 0) is 4.79 Å². The van der Waals surface area contributed by atoms with E-state index in [1.807, 2.05) is 6.92 Å². The maximum absolute atomic E-state index is 12.5. The largest absolute Gasteiger partial charge is 0.345 e. The zero-order valence-electron chi connectivity index (χ0n) is 15.8. The van der Waals surface area contributed by atoms with E-state index in [-0.39, 0.29) is 29.8 Å². The Kier molecular flexibility index (Phi) is 7.89. The second kappa shape index (κ2) is 9.70. The second-order valence-electron chi connectivity index (χ2n) is 8.06. The highest BCUT2D eigenvalue weighted by Crippen LogP contribution is 2.38. The van der Waals surface area contributed by atoms with Crippen molar-refractivity contribution in [3.05, 3.63) is 11.7 Å². The molecule has 26 heavy (non-hydrogen) atoms. The van der Waals surface area contributed by atoms with Gasteiger partial charge in [-0.05, 0) is 44.6 Å². The second-order valence-corrected chi connectivity index (χ2v) is 8.06. The lowest BCUT2D eigenvalue weighted by Crippen LogP contribution is -2.39. The van der Waals surface area contributed by atoms with Gasteiger partial charge in [0, 0.05) is 12.3 Å². The summed E-state index contributed by atoms with van der Waals surface area (Å²) in [6.07, 6.45) is 12.3. The van der Waals surface area contributed by atoms with Crippen molar-refractivity contribution in [1.29, 1.82) is 0 Å². The van der Waals surface area contributed by atoms with Gasteiger partial charge in [0.1, 0.15) is 6.04 Å². The summed E-state index contributed by atoms with van der Waals surface area (Å²) in [7, 11) is 0. The summed E-state index contributed by atoms with van der Waals surface area (Å²) in [6, 6.07) is -0.254. The van der Waals surface area contributed by atoms with Gasteiger partial charge in [0.05, 0.1) is 0 Å². The van der Waals surface area contributed by atoms with Crippen LogP contribution in [0.25, 0.3) is 0 Å². The third kappa shape index (κ3) is 5.19. The number of nitrogens with zero attached hydrogens (tertiary/aromatic N) is 2. The Bertz CT molecular complexity index is 566. The van der Waals surface area contributed by atoms with Crippen molar-refractivity contribution in [3.63, 3.8) is 0 Å². The molecule has 148 valence electrons. The summed E-state index contributed by atoms with van der Waals surface area (Å²) in [5, 5.41) is 7.18. The molecule has 1 heterocycles. The molecule has 1 aromatic heterocycles. The van der Waals surface area contributed by atoms with Gasteiger partial charge >= 0.3 is 0 Å². The predicted octanol–water partition coefficient (Wildman–Crippen LogP) is 4.02. The zero-order valence-corrected chi connectivity index (χ0v) is 16.7. The molecule has 2 saturated carbocycles. The number of nitrogens with two attached hydrogens (primary N) is 1. The molecule has 1 amide bonds. The van der Waals surface area contributed by atoms with Crippen LogP contribution in [0.5, 0.6) is 0 Å². The fourth-order valence-corrected chi connectivity index (χ4v) is 4.40. The highest BCUT2D eigenvalue weighted by atomic mass is 35.5. The minimum absolute atomic E-state index is 0. The average Bonchev–Trinajstić information content (AvgIpc) is 3.13. The van der Waals surface area contributed by atoms with E-state index in [1.54, 1.807) is 0 Å². The molecule has 0 aromatic carbocycles. The maximum atomic E-state index is 12.5. The zero-order chi connectivity index (χ0) is 17.7. The van der Waals surface area contributed by atoms with Crippen molar-refractivity contribution in [1.82, 2.24) is 15.5 Å². The first-order valence-electron chi connectivity index (χ1n) is 9.95. The van der Waals surface area contributed by atoms with Gasteiger partial charge in [-0.3, -0.25) is 4.79 Å². The Morgan fingerprint density at radius 1 is 1.23 bits per heavy atom. The Morgan fingerprint density at radius 3 is 2.54 bits per heavy atom. The topological polar surface area (TPSA) is 94.0 Å². The van der Waals surface area contributed by atoms with Crippen molar-refractivity contribution in [2.75, 3.05) is 6.54 Å². The number of carbonyl (C=O) groups excluding carboxylic acids is 1. The highest BCUT2D eigenvalue weighted by Gasteiger charge is 2.33. The number of hydrogen-bond acceptors (Lipinski definition) is 5. The lowest BCUT2D eigenvalue weighted by atomic mass is 9.71. The first kappa shape index (κ1) is 21.2. The Morgan fingerprint density at radius 2 is 1.88 bits per heavy atom. The van der Waals surface area contributed by atoms with Crippen LogP contribution in [0, 0.1) is 5.41 Å². The standard InChI is InChI=1S/C19H32N4O2.ClH/c1-14(18-22-17(23-25-18)15-8-4-2-5-9-15)21-16(24)12-19(13-20)10-6-3-7-11-19;/h14-15H,2-13,20H2,1H3,(H,21,24);1H. The van der Waals surface area contributed by atoms with Crippen LogP contribution in [0.2, 0.25) is 0 Å². The van der Waals surface area contributed by atoms with E-state index in [0.717, 1.165) is 31.5 Å². The SMILES string of the molecule is CC(NC(=O)CC1(CN)CCCCC1)c1nc(C2CCCCC2)no1.Cl. The van der Waals surface area contributed by atoms with E-state index in [1.165, 1.54) is 38.5 Å². The number of nitrogens with one attached hydrogen (secondary N) is 1. The molecule has 6 nitrogen and oxygen atoms in total. The van der Waals surface area contributed by atoms with Crippen molar-refractivity contribution >= 4 is 18.3 Å². The molecule has 0 saturated heterocycles. The van der Waals surface area contributed by atoms with Crippen molar-refractivity contribution < 1.29 is 9.32 Å². The molecule has 2 aliphatic rings. The van der Waals surface area contributed by atoms with Crippen molar-refractivity contribution in [3.8, 4) is 0 Å². The maximum Gasteiger partial charge on any atom is 0.248 e. The summed E-state index contributed by atoms with van der Waals surface area (Å²) in [4.78, 5) is 17.1. The van der Waals surface area contributed by atoms with Crippen LogP contribution < -0.4 is 11.1 Å². The minimum atomic E-state index is -0.254. The predicted molar refractivity (Wildman–Crippen MR) is 103 cm³/mol. The average molecular weight is 385 g/mol. The first-order valence-corrected chi connectivity index (χ1v) is 9.95. The van der Waals surface area contributed by atoms with E-state index < -0.39 is 0 Å². The van der Waals surface area contributed by atoms with Crippen LogP contribution >= 0.6 is 12.4 Å². The van der Waals surface area contributed by atoms with Crippen LogP contribution in [-0.4, -0.2) is 22.6 Å². The van der Waals surface area contributed by atoms with E-state index in [0.29, 0.717) is 24.8 Å². The normalized spacial score (nSPS) is 21.6. The monoisotopic (exact) mass is 384 g/mol. The van der Waals surface area contributed by atoms with E-state index in [2.05, 4.69) is 15.5 Å². The fourth-order valence-electron chi connectivity index (χ4n) is 4.40. The number of aromatic nitrogens is 2. The molecule has 2 fully saturated rings. The third-order valence-corrected chi connectivity index (χ3v) is 6.06. The summed E-state index contributed by atoms with van der Waals surface area (Å²) in [5.41, 5.74) is 5.97. The molecule has 0 bridgehead atoms. The van der Waals surface area contributed by atoms with E-state index in [9.17, 15) is 4.79 Å². The van der Waals surface area contributed by atoms with Crippen LogP contribution in [0.15, 0.2) is 4.52 Å². The number of halogens is 1. The Labute approximate surface area is 162 Å². The molecule has 1 unspecified atom stereocenters. The van der Waals surface area contributed by atoms with Gasteiger partial charge in [-0.15, -0.1) is 12.4 Å². The number of rotatable bonds is 6. The van der Waals surface area contributed by atoms with Gasteiger partial charge in [0.15, 0.2) is 5.82 Å². The molecule has 2 aliphatic carbocycles. The summed E-state index contributed by atoms with van der Waals surface area (Å²) >= 11 is 0. The van der Waals surface area contributed by atoms with Crippen LogP contribution in [0.4, 0.5) is 0 Å². The quantitative estimate of drug-likeness (QED) is 0.772. The molecule has 1 atom stereocenters. The summed E-state index contributed by atoms with van der Waals surface area (Å²) in [5.74, 6) is 1.77. The lowest BCUT2D eigenvalue weighted by molar-refractivity contribution is -0.124. The highest BCUT2D eigenvalue weighted by molar-refractivity contribution is 5.85. The minimum Gasteiger partial charge on any atom is -0.345 e. The number of amides is 1. The van der Waals surface area contributed by atoms with Gasteiger partial charge in [-0.1, -0.05) is 43.7 Å². The Hall–Kier alpha value is -1.14. The van der Waals surface area contributed by atoms with Gasteiger partial charge < -0.3 is 15.6 Å². The number of carbonyl (C=O) groups is 1. The smallest absolute Gasteiger partial charge is 0.248 e. The van der Waals surface area contributed by atoms with Crippen molar-refractivity contribution in [2.24, 2.45) is 11.1 Å². The molecule has 0 aliphatic heterocycles. The molecule has 3 rings (SSSR count). The van der Waals surface area contributed by atoms with Gasteiger partial charge in [0.25, 0.3) is 0 Å². The molecular formula is C19H33ClN4O2. The van der Waals surface area contributed by atoms with Crippen LogP contribution in [0.3, 0.4) is 0 Å². The lowest BCUT2D eigenvalue weighted by Gasteiger charge is -2.35. The van der Waals surface area contributed by atoms with E-state index in [4.69, 9.17) is 10.3 Å². The van der Waals surface area contributed by atoms with Crippen LogP contribution in [0.1, 0.15) is 101 Å². The van der Waals surface area contributed by atoms with Gasteiger partial charge in [-0.2, -0.15) is 4.98 Å². The number of hydrogen-bond donors (Lipinski definition) is 2. The third-order valence-electron chi connectivity index (χ3n) is 6.06. The van der Waals surface area contributed by atoms with E-state index >= 15 is 0 Å². The molecule has 7 heteroatoms. The molecule has 0 spiro atoms. The molecule has 0 radical (unpaired) electrons. The molecule has 3 N–H and O–H groups in total. The molecule has 1 aromatic rings. The summed E-state index contributed by atoms with van der Waals surface area (Å²) in [6.45, 7) is 2.49. The van der Waals surface area contributed by atoms with Gasteiger partial charge in [0.2, 0.25) is 11.8 Å². The molecular weight excluding hydrogens is 352 g/mol. The van der Waals surface area contributed by atoms with Crippen molar-refractivity contribution in [2.45, 2.75) is 89.5 Å². The Balaban J connectivity index is 0.00000243. The van der Waals surface area contributed by atoms with Gasteiger partial charge in [-0.25, -0.2) is 0 Å². The first-order chi connectivity index (χ1) is 12.1. The fraction of sp³-hybridized carbons (Fsp3) is 0.842.